The van der Waals surface area contributed by atoms with Crippen LogP contribution in [0.25, 0.3) is 0 Å². The van der Waals surface area contributed by atoms with Crippen LogP contribution in [-0.2, 0) is 15.1 Å². The van der Waals surface area contributed by atoms with Crippen molar-refractivity contribution in [3.8, 4) is 0 Å². The average molecular weight is 566 g/mol. The van der Waals surface area contributed by atoms with Gasteiger partial charge in [-0.1, -0.05) is 29.3 Å². The van der Waals surface area contributed by atoms with Gasteiger partial charge in [-0.3, -0.25) is 9.69 Å². The summed E-state index contributed by atoms with van der Waals surface area (Å²) >= 11 is 12.4. The molecule has 0 N–H and O–H groups in total. The highest BCUT2D eigenvalue weighted by atomic mass is 35.5. The van der Waals surface area contributed by atoms with Gasteiger partial charge in [0.25, 0.3) is 0 Å². The number of anilines is 1. The van der Waals surface area contributed by atoms with Gasteiger partial charge in [-0.15, -0.1) is 0 Å². The van der Waals surface area contributed by atoms with Crippen molar-refractivity contribution < 1.29 is 23.1 Å². The number of fused-ring (bicyclic) bond motifs is 2. The molecule has 0 bridgehead atoms. The molecule has 2 amide bonds. The molecule has 2 fully saturated rings. The van der Waals surface area contributed by atoms with Crippen LogP contribution in [0.1, 0.15) is 49.1 Å². The fourth-order valence-corrected chi connectivity index (χ4v) is 6.13. The number of ether oxygens (including phenoxy) is 1. The summed E-state index contributed by atoms with van der Waals surface area (Å²) in [7, 11) is 1.62. The van der Waals surface area contributed by atoms with Gasteiger partial charge in [-0.2, -0.15) is 0 Å². The molecule has 3 heterocycles. The number of hydrogen-bond donors (Lipinski definition) is 0. The first-order valence-electron chi connectivity index (χ1n) is 13.0. The Kier molecular flexibility index (Phi) is 7.85. The molecule has 0 saturated carbocycles. The number of likely N-dealkylation sites (tertiary alicyclic amines) is 2. The van der Waals surface area contributed by atoms with Crippen molar-refractivity contribution in [2.45, 2.75) is 49.8 Å². The van der Waals surface area contributed by atoms with Crippen LogP contribution in [0.15, 0.2) is 36.4 Å². The van der Waals surface area contributed by atoms with E-state index in [9.17, 15) is 18.4 Å². The number of carbonyl (C=O) groups is 2. The Morgan fingerprint density at radius 2 is 1.79 bits per heavy atom. The predicted octanol–water partition coefficient (Wildman–Crippen LogP) is 6.14. The molecule has 0 aromatic heterocycles. The Morgan fingerprint density at radius 1 is 1.08 bits per heavy atom. The van der Waals surface area contributed by atoms with Crippen LogP contribution in [0.4, 0.5) is 19.3 Å². The van der Waals surface area contributed by atoms with E-state index in [1.54, 1.807) is 30.1 Å². The van der Waals surface area contributed by atoms with Gasteiger partial charge in [-0.05, 0) is 61.7 Å². The molecule has 2 aromatic carbocycles. The van der Waals surface area contributed by atoms with Gasteiger partial charge in [-0.25, -0.2) is 13.6 Å². The Hall–Kier alpha value is -2.42. The van der Waals surface area contributed by atoms with Gasteiger partial charge < -0.3 is 14.5 Å². The van der Waals surface area contributed by atoms with E-state index in [1.807, 2.05) is 6.07 Å². The first kappa shape index (κ1) is 27.2. The molecule has 6 nitrogen and oxygen atoms in total. The Labute approximate surface area is 231 Å². The lowest BCUT2D eigenvalue weighted by molar-refractivity contribution is -0.134. The molecule has 2 aromatic rings. The molecule has 2 saturated heterocycles. The average Bonchev–Trinajstić information content (AvgIpc) is 2.91. The monoisotopic (exact) mass is 565 g/mol. The highest BCUT2D eigenvalue weighted by molar-refractivity contribution is 6.42. The number of nitrogens with zero attached hydrogens (tertiary/aromatic N) is 3. The molecular weight excluding hydrogens is 535 g/mol. The van der Waals surface area contributed by atoms with E-state index in [0.29, 0.717) is 86.1 Å². The molecule has 3 aliphatic heterocycles. The molecule has 0 radical (unpaired) electrons. The van der Waals surface area contributed by atoms with E-state index in [0.717, 1.165) is 5.56 Å². The zero-order valence-electron chi connectivity index (χ0n) is 21.3. The van der Waals surface area contributed by atoms with E-state index in [4.69, 9.17) is 27.9 Å². The number of benzene rings is 2. The molecule has 10 heteroatoms. The lowest BCUT2D eigenvalue weighted by atomic mass is 9.81. The van der Waals surface area contributed by atoms with Crippen molar-refractivity contribution in [3.63, 3.8) is 0 Å². The molecular formula is C28H31Cl2F2N3O3. The summed E-state index contributed by atoms with van der Waals surface area (Å²) in [6.07, 6.45) is 0.994. The van der Waals surface area contributed by atoms with Gasteiger partial charge in [0.1, 0.15) is 17.6 Å². The molecule has 204 valence electrons. The molecule has 1 unspecified atom stereocenters. The largest absolute Gasteiger partial charge is 0.437 e. The number of carbonyl (C=O) groups excluding carboxylic acids is 2. The maximum absolute atomic E-state index is 14.2. The van der Waals surface area contributed by atoms with Crippen molar-refractivity contribution in [2.75, 3.05) is 44.7 Å². The van der Waals surface area contributed by atoms with Crippen molar-refractivity contribution in [3.05, 3.63) is 63.4 Å². The summed E-state index contributed by atoms with van der Waals surface area (Å²) in [6, 6.07) is 9.71. The van der Waals surface area contributed by atoms with E-state index in [2.05, 4.69) is 4.90 Å². The zero-order chi connectivity index (χ0) is 27.0. The normalized spacial score (nSPS) is 20.8. The van der Waals surface area contributed by atoms with Crippen LogP contribution < -0.4 is 4.90 Å². The van der Waals surface area contributed by atoms with Crippen LogP contribution >= 0.6 is 23.2 Å². The third-order valence-corrected chi connectivity index (χ3v) is 8.88. The van der Waals surface area contributed by atoms with Crippen molar-refractivity contribution in [2.24, 2.45) is 0 Å². The fraction of sp³-hybridized carbons (Fsp3) is 0.500. The smallest absolute Gasteiger partial charge is 0.414 e. The van der Waals surface area contributed by atoms with Crippen LogP contribution in [0, 0.1) is 5.82 Å². The molecule has 38 heavy (non-hydrogen) atoms. The first-order chi connectivity index (χ1) is 18.2. The SMILES string of the molecule is CN1C(=O)OC2(CCN(CCC(C(=O)N3CCC(F)CC3)c3ccc(Cl)c(Cl)c3)CC2)c2cc(F)ccc21. The molecule has 3 aliphatic rings. The topological polar surface area (TPSA) is 53.1 Å². The number of amides is 2. The summed E-state index contributed by atoms with van der Waals surface area (Å²) in [4.78, 5) is 31.5. The molecule has 1 spiro atoms. The van der Waals surface area contributed by atoms with Crippen molar-refractivity contribution >= 4 is 40.9 Å². The van der Waals surface area contributed by atoms with Crippen molar-refractivity contribution in [1.29, 1.82) is 0 Å². The van der Waals surface area contributed by atoms with Gasteiger partial charge in [0, 0.05) is 51.6 Å². The third kappa shape index (κ3) is 5.36. The summed E-state index contributed by atoms with van der Waals surface area (Å²) < 4.78 is 33.8. The maximum Gasteiger partial charge on any atom is 0.414 e. The number of piperidine rings is 2. The second-order valence-electron chi connectivity index (χ2n) is 10.4. The molecule has 0 aliphatic carbocycles. The van der Waals surface area contributed by atoms with Crippen molar-refractivity contribution in [1.82, 2.24) is 9.80 Å². The standard InChI is InChI=1S/C28H31Cl2F2N3O3/c1-33-25-5-3-20(32)17-22(25)28(38-27(33)37)9-14-34(15-10-28)11-8-21(18-2-4-23(29)24(30)16-18)26(36)35-12-6-19(31)7-13-35/h2-5,16-17,19,21H,6-15H2,1H3. The fourth-order valence-electron chi connectivity index (χ4n) is 5.83. The minimum absolute atomic E-state index is 0.0302. The van der Waals surface area contributed by atoms with E-state index in [-0.39, 0.29) is 11.7 Å². The summed E-state index contributed by atoms with van der Waals surface area (Å²) in [5.41, 5.74) is 1.28. The van der Waals surface area contributed by atoms with Gasteiger partial charge in [0.05, 0.1) is 21.7 Å². The van der Waals surface area contributed by atoms with E-state index < -0.39 is 23.8 Å². The second-order valence-corrected chi connectivity index (χ2v) is 11.3. The minimum atomic E-state index is -0.868. The number of hydrogen-bond acceptors (Lipinski definition) is 4. The first-order valence-corrected chi connectivity index (χ1v) is 13.8. The van der Waals surface area contributed by atoms with Crippen LogP contribution in [0.5, 0.6) is 0 Å². The summed E-state index contributed by atoms with van der Waals surface area (Å²) in [5.74, 6) is -0.832. The molecule has 1 atom stereocenters. The van der Waals surface area contributed by atoms with Crippen LogP contribution in [-0.4, -0.2) is 67.7 Å². The number of halogens is 4. The van der Waals surface area contributed by atoms with E-state index in [1.165, 1.54) is 17.0 Å². The van der Waals surface area contributed by atoms with Gasteiger partial charge >= 0.3 is 6.09 Å². The minimum Gasteiger partial charge on any atom is -0.437 e. The lowest BCUT2D eigenvalue weighted by Gasteiger charge is -2.46. The number of rotatable bonds is 5. The highest BCUT2D eigenvalue weighted by Crippen LogP contribution is 2.45. The van der Waals surface area contributed by atoms with Crippen LogP contribution in [0.2, 0.25) is 10.0 Å². The molecule has 5 rings (SSSR count). The van der Waals surface area contributed by atoms with E-state index >= 15 is 0 Å². The zero-order valence-corrected chi connectivity index (χ0v) is 22.8. The maximum atomic E-state index is 14.2. The van der Waals surface area contributed by atoms with Gasteiger partial charge in [0.15, 0.2) is 0 Å². The summed E-state index contributed by atoms with van der Waals surface area (Å²) in [6.45, 7) is 2.70. The third-order valence-electron chi connectivity index (χ3n) is 8.15. The number of alkyl halides is 1. The highest BCUT2D eigenvalue weighted by Gasteiger charge is 2.46. The Morgan fingerprint density at radius 3 is 2.47 bits per heavy atom. The van der Waals surface area contributed by atoms with Crippen LogP contribution in [0.3, 0.4) is 0 Å². The van der Waals surface area contributed by atoms with Gasteiger partial charge in [0.2, 0.25) is 5.91 Å². The second kappa shape index (κ2) is 11.0. The Bertz CT molecular complexity index is 1210. The Balaban J connectivity index is 1.29. The summed E-state index contributed by atoms with van der Waals surface area (Å²) in [5, 5.41) is 0.810. The predicted molar refractivity (Wildman–Crippen MR) is 143 cm³/mol. The quantitative estimate of drug-likeness (QED) is 0.436. The lowest BCUT2D eigenvalue weighted by Crippen LogP contribution is -2.51.